The van der Waals surface area contributed by atoms with Crippen molar-refractivity contribution in [2.24, 2.45) is 0 Å². The molecule has 0 radical (unpaired) electrons. The van der Waals surface area contributed by atoms with E-state index in [4.69, 9.17) is 16.3 Å². The highest BCUT2D eigenvalue weighted by Gasteiger charge is 2.42. The molecule has 1 N–H and O–H groups in total. The molecule has 4 heteroatoms. The topological polar surface area (TPSA) is 21.3 Å². The number of thiophene rings is 1. The van der Waals surface area contributed by atoms with Gasteiger partial charge in [-0.25, -0.2) is 0 Å². The summed E-state index contributed by atoms with van der Waals surface area (Å²) >= 11 is 7.65. The van der Waals surface area contributed by atoms with Crippen LogP contribution in [-0.2, 0) is 4.74 Å². The second-order valence-electron chi connectivity index (χ2n) is 4.34. The molecular weight excluding hydrogens is 242 g/mol. The van der Waals surface area contributed by atoms with E-state index in [0.29, 0.717) is 0 Å². The first-order chi connectivity index (χ1) is 7.72. The van der Waals surface area contributed by atoms with Gasteiger partial charge in [0.05, 0.1) is 16.0 Å². The standard InChI is InChI=1S/C12H18ClNOS/c1-14-11(9-5-6-10(13)16-9)12(15-2)7-3-4-8-12/h5-6,11,14H,3-4,7-8H2,1-2H3. The fourth-order valence-corrected chi connectivity index (χ4v) is 4.01. The molecule has 2 nitrogen and oxygen atoms in total. The van der Waals surface area contributed by atoms with Crippen LogP contribution in [0.1, 0.15) is 36.6 Å². The predicted molar refractivity (Wildman–Crippen MR) is 69.3 cm³/mol. The lowest BCUT2D eigenvalue weighted by Crippen LogP contribution is -2.41. The van der Waals surface area contributed by atoms with Crippen molar-refractivity contribution in [2.45, 2.75) is 37.3 Å². The molecule has 0 aromatic carbocycles. The molecule has 1 unspecified atom stereocenters. The number of ether oxygens (including phenoxy) is 1. The number of halogens is 1. The number of hydrogen-bond donors (Lipinski definition) is 1. The number of methoxy groups -OCH3 is 1. The van der Waals surface area contributed by atoms with Crippen molar-refractivity contribution in [3.63, 3.8) is 0 Å². The number of hydrogen-bond acceptors (Lipinski definition) is 3. The summed E-state index contributed by atoms with van der Waals surface area (Å²) in [7, 11) is 3.82. The van der Waals surface area contributed by atoms with E-state index in [1.165, 1.54) is 17.7 Å². The molecule has 1 fully saturated rings. The normalized spacial score (nSPS) is 21.2. The van der Waals surface area contributed by atoms with Crippen LogP contribution in [0.25, 0.3) is 0 Å². The van der Waals surface area contributed by atoms with Crippen LogP contribution in [0.2, 0.25) is 4.34 Å². The van der Waals surface area contributed by atoms with Crippen LogP contribution in [0.15, 0.2) is 12.1 Å². The molecule has 16 heavy (non-hydrogen) atoms. The molecule has 1 aromatic rings. The fraction of sp³-hybridized carbons (Fsp3) is 0.667. The van der Waals surface area contributed by atoms with E-state index in [0.717, 1.165) is 17.2 Å². The minimum Gasteiger partial charge on any atom is -0.376 e. The first kappa shape index (κ1) is 12.4. The zero-order valence-electron chi connectivity index (χ0n) is 9.75. The van der Waals surface area contributed by atoms with E-state index >= 15 is 0 Å². The zero-order chi connectivity index (χ0) is 11.6. The van der Waals surface area contributed by atoms with E-state index in [9.17, 15) is 0 Å². The van der Waals surface area contributed by atoms with E-state index in [1.807, 2.05) is 20.2 Å². The SMILES string of the molecule is CNC(c1ccc(Cl)s1)C1(OC)CCCC1. The average Bonchev–Trinajstić information content (AvgIpc) is 2.90. The van der Waals surface area contributed by atoms with Gasteiger partial charge in [-0.3, -0.25) is 0 Å². The molecule has 1 aliphatic carbocycles. The summed E-state index contributed by atoms with van der Waals surface area (Å²) in [4.78, 5) is 1.27. The summed E-state index contributed by atoms with van der Waals surface area (Å²) in [6.07, 6.45) is 4.77. The molecule has 1 saturated carbocycles. The van der Waals surface area contributed by atoms with Crippen LogP contribution in [0, 0.1) is 0 Å². The Morgan fingerprint density at radius 3 is 2.56 bits per heavy atom. The second-order valence-corrected chi connectivity index (χ2v) is 6.09. The lowest BCUT2D eigenvalue weighted by Gasteiger charge is -2.35. The Morgan fingerprint density at radius 1 is 1.44 bits per heavy atom. The van der Waals surface area contributed by atoms with Crippen LogP contribution < -0.4 is 5.32 Å². The van der Waals surface area contributed by atoms with Crippen LogP contribution in [0.3, 0.4) is 0 Å². The van der Waals surface area contributed by atoms with E-state index in [1.54, 1.807) is 11.3 Å². The number of likely N-dealkylation sites (N-methyl/N-ethyl adjacent to an activating group) is 1. The van der Waals surface area contributed by atoms with Gasteiger partial charge < -0.3 is 10.1 Å². The Balaban J connectivity index is 2.27. The Bertz CT molecular complexity index is 347. The van der Waals surface area contributed by atoms with Gasteiger partial charge in [-0.2, -0.15) is 0 Å². The van der Waals surface area contributed by atoms with Gasteiger partial charge in [0.2, 0.25) is 0 Å². The molecule has 0 amide bonds. The van der Waals surface area contributed by atoms with Crippen LogP contribution >= 0.6 is 22.9 Å². The van der Waals surface area contributed by atoms with Crippen molar-refractivity contribution < 1.29 is 4.74 Å². The highest BCUT2D eigenvalue weighted by Crippen LogP contribution is 2.44. The molecule has 90 valence electrons. The Labute approximate surface area is 106 Å². The molecule has 1 atom stereocenters. The largest absolute Gasteiger partial charge is 0.376 e. The van der Waals surface area contributed by atoms with Gasteiger partial charge in [-0.05, 0) is 32.0 Å². The maximum atomic E-state index is 6.01. The highest BCUT2D eigenvalue weighted by molar-refractivity contribution is 7.16. The van der Waals surface area contributed by atoms with E-state index in [2.05, 4.69) is 11.4 Å². The van der Waals surface area contributed by atoms with Crippen molar-refractivity contribution in [1.29, 1.82) is 0 Å². The van der Waals surface area contributed by atoms with Gasteiger partial charge in [-0.1, -0.05) is 24.4 Å². The van der Waals surface area contributed by atoms with E-state index < -0.39 is 0 Å². The number of rotatable bonds is 4. The van der Waals surface area contributed by atoms with Gasteiger partial charge in [0.25, 0.3) is 0 Å². The summed E-state index contributed by atoms with van der Waals surface area (Å²) in [5.41, 5.74) is -0.0388. The van der Waals surface area contributed by atoms with Crippen molar-refractivity contribution in [3.8, 4) is 0 Å². The van der Waals surface area contributed by atoms with E-state index in [-0.39, 0.29) is 11.6 Å². The summed E-state index contributed by atoms with van der Waals surface area (Å²) < 4.78 is 6.66. The second kappa shape index (κ2) is 5.05. The molecule has 1 aliphatic rings. The lowest BCUT2D eigenvalue weighted by atomic mass is 9.91. The van der Waals surface area contributed by atoms with Crippen molar-refractivity contribution >= 4 is 22.9 Å². The monoisotopic (exact) mass is 259 g/mol. The minimum absolute atomic E-state index is 0.0388. The molecule has 0 saturated heterocycles. The number of nitrogens with one attached hydrogen (secondary N) is 1. The van der Waals surface area contributed by atoms with Gasteiger partial charge in [0.1, 0.15) is 0 Å². The van der Waals surface area contributed by atoms with Crippen LogP contribution in [-0.4, -0.2) is 19.8 Å². The Kier molecular flexibility index (Phi) is 3.90. The van der Waals surface area contributed by atoms with Crippen molar-refractivity contribution in [2.75, 3.05) is 14.2 Å². The summed E-state index contributed by atoms with van der Waals surface area (Å²) in [5.74, 6) is 0. The lowest BCUT2D eigenvalue weighted by molar-refractivity contribution is -0.0339. The maximum Gasteiger partial charge on any atom is 0.0931 e. The molecule has 1 heterocycles. The molecule has 0 aliphatic heterocycles. The third-order valence-electron chi connectivity index (χ3n) is 3.55. The predicted octanol–water partition coefficient (Wildman–Crippen LogP) is 3.62. The first-order valence-corrected chi connectivity index (χ1v) is 6.89. The molecule has 2 rings (SSSR count). The van der Waals surface area contributed by atoms with Crippen LogP contribution in [0.4, 0.5) is 0 Å². The summed E-state index contributed by atoms with van der Waals surface area (Å²) in [6, 6.07) is 4.33. The molecule has 1 aromatic heterocycles. The molecule has 0 spiro atoms. The Morgan fingerprint density at radius 2 is 2.12 bits per heavy atom. The first-order valence-electron chi connectivity index (χ1n) is 5.69. The minimum atomic E-state index is -0.0388. The smallest absolute Gasteiger partial charge is 0.0931 e. The van der Waals surface area contributed by atoms with Gasteiger partial charge >= 0.3 is 0 Å². The highest BCUT2D eigenvalue weighted by atomic mass is 35.5. The van der Waals surface area contributed by atoms with Gasteiger partial charge in [0.15, 0.2) is 0 Å². The molecular formula is C12H18ClNOS. The van der Waals surface area contributed by atoms with Gasteiger partial charge in [0, 0.05) is 12.0 Å². The van der Waals surface area contributed by atoms with Crippen molar-refractivity contribution in [3.05, 3.63) is 21.3 Å². The van der Waals surface area contributed by atoms with Gasteiger partial charge in [-0.15, -0.1) is 11.3 Å². The van der Waals surface area contributed by atoms with Crippen molar-refractivity contribution in [1.82, 2.24) is 5.32 Å². The average molecular weight is 260 g/mol. The third-order valence-corrected chi connectivity index (χ3v) is 4.85. The third kappa shape index (κ3) is 2.14. The summed E-state index contributed by atoms with van der Waals surface area (Å²) in [5, 5.41) is 3.39. The quantitative estimate of drug-likeness (QED) is 0.892. The Hall–Kier alpha value is -0.0900. The summed E-state index contributed by atoms with van der Waals surface area (Å²) in [6.45, 7) is 0. The van der Waals surface area contributed by atoms with Crippen LogP contribution in [0.5, 0.6) is 0 Å². The maximum absolute atomic E-state index is 6.01. The zero-order valence-corrected chi connectivity index (χ0v) is 11.3. The fourth-order valence-electron chi connectivity index (χ4n) is 2.73. The molecule has 0 bridgehead atoms.